The molecule has 0 spiro atoms. The fourth-order valence-electron chi connectivity index (χ4n) is 3.93. The van der Waals surface area contributed by atoms with Crippen molar-refractivity contribution in [2.75, 3.05) is 19.7 Å². The van der Waals surface area contributed by atoms with Crippen molar-refractivity contribution in [3.05, 3.63) is 35.9 Å². The topological polar surface area (TPSA) is 32.7 Å². The Balaban J connectivity index is 1.68. The number of benzene rings is 1. The number of rotatable bonds is 4. The zero-order valence-electron chi connectivity index (χ0n) is 15.9. The molecule has 3 aliphatic rings. The summed E-state index contributed by atoms with van der Waals surface area (Å²) in [6, 6.07) is 10.7. The molecule has 3 aliphatic heterocycles. The fourth-order valence-corrected chi connectivity index (χ4v) is 4.97. The molecule has 3 nitrogen and oxygen atoms in total. The van der Waals surface area contributed by atoms with E-state index in [1.807, 2.05) is 18.2 Å². The van der Waals surface area contributed by atoms with Crippen LogP contribution < -0.4 is 0 Å². The zero-order chi connectivity index (χ0) is 17.6. The zero-order valence-corrected chi connectivity index (χ0v) is 16.9. The van der Waals surface area contributed by atoms with Gasteiger partial charge in [-0.05, 0) is 49.0 Å². The van der Waals surface area contributed by atoms with E-state index >= 15 is 0 Å². The van der Waals surface area contributed by atoms with Crippen molar-refractivity contribution >= 4 is 8.32 Å². The first-order valence-corrected chi connectivity index (χ1v) is 12.2. The maximum atomic E-state index is 11.3. The molecular formula is C20H33NO2Si. The maximum absolute atomic E-state index is 11.3. The van der Waals surface area contributed by atoms with E-state index in [0.29, 0.717) is 12.0 Å². The summed E-state index contributed by atoms with van der Waals surface area (Å²) in [6.07, 6.45) is 2.13. The van der Waals surface area contributed by atoms with Gasteiger partial charge in [-0.2, -0.15) is 0 Å². The number of hydrogen-bond donors (Lipinski definition) is 1. The van der Waals surface area contributed by atoms with Gasteiger partial charge in [0.1, 0.15) is 5.60 Å². The second kappa shape index (κ2) is 6.24. The van der Waals surface area contributed by atoms with E-state index in [1.165, 1.54) is 0 Å². The lowest BCUT2D eigenvalue weighted by Crippen LogP contribution is -2.62. The van der Waals surface area contributed by atoms with Gasteiger partial charge >= 0.3 is 0 Å². The highest BCUT2D eigenvalue weighted by molar-refractivity contribution is 6.74. The van der Waals surface area contributed by atoms with E-state index in [2.05, 4.69) is 50.9 Å². The van der Waals surface area contributed by atoms with Gasteiger partial charge in [0, 0.05) is 19.2 Å². The van der Waals surface area contributed by atoms with Crippen molar-refractivity contribution in [1.29, 1.82) is 0 Å². The SMILES string of the molecule is CC(C)(C)[Si](C)(C)OC[C@@H]1C[C@@H]2CCN1C[C@@]2(O)c1ccccc1. The van der Waals surface area contributed by atoms with Gasteiger partial charge in [-0.25, -0.2) is 0 Å². The van der Waals surface area contributed by atoms with Crippen LogP contribution in [0.4, 0.5) is 0 Å². The minimum atomic E-state index is -1.71. The van der Waals surface area contributed by atoms with Gasteiger partial charge in [-0.3, -0.25) is 4.90 Å². The van der Waals surface area contributed by atoms with Crippen LogP contribution in [0.1, 0.15) is 39.2 Å². The summed E-state index contributed by atoms with van der Waals surface area (Å²) in [7, 11) is -1.71. The predicted octanol–water partition coefficient (Wildman–Crippen LogP) is 3.99. The lowest BCUT2D eigenvalue weighted by molar-refractivity contribution is -0.144. The molecule has 0 amide bonds. The lowest BCUT2D eigenvalue weighted by Gasteiger charge is -2.55. The van der Waals surface area contributed by atoms with Crippen molar-refractivity contribution in [2.45, 2.75) is 63.4 Å². The quantitative estimate of drug-likeness (QED) is 0.836. The van der Waals surface area contributed by atoms with Crippen LogP contribution in [-0.4, -0.2) is 44.1 Å². The standard InChI is InChI=1S/C20H33NO2Si/c1-19(2,3)24(4,5)23-14-18-13-17-11-12-21(18)15-20(17,22)16-9-7-6-8-10-16/h6-10,17-18,22H,11-15H2,1-5H3/t17-,18-,20+/m0/s1. The fraction of sp³-hybridized carbons (Fsp3) is 0.700. The average molecular weight is 348 g/mol. The van der Waals surface area contributed by atoms with Gasteiger partial charge in [0.05, 0.1) is 0 Å². The summed E-state index contributed by atoms with van der Waals surface area (Å²) in [6.45, 7) is 14.2. The molecule has 1 aromatic carbocycles. The third-order valence-electron chi connectivity index (χ3n) is 6.67. The molecule has 3 heterocycles. The van der Waals surface area contributed by atoms with Gasteiger partial charge < -0.3 is 9.53 Å². The molecule has 2 bridgehead atoms. The molecule has 134 valence electrons. The normalized spacial score (nSPS) is 33.7. The van der Waals surface area contributed by atoms with E-state index in [9.17, 15) is 5.11 Å². The highest BCUT2D eigenvalue weighted by Gasteiger charge is 2.50. The Morgan fingerprint density at radius 1 is 1.25 bits per heavy atom. The van der Waals surface area contributed by atoms with Crippen LogP contribution >= 0.6 is 0 Å². The van der Waals surface area contributed by atoms with Crippen LogP contribution in [0.3, 0.4) is 0 Å². The second-order valence-electron chi connectivity index (χ2n) is 9.21. The van der Waals surface area contributed by atoms with Crippen LogP contribution in [0.15, 0.2) is 30.3 Å². The first-order valence-electron chi connectivity index (χ1n) is 9.29. The third kappa shape index (κ3) is 3.21. The molecule has 1 unspecified atom stereocenters. The van der Waals surface area contributed by atoms with Crippen molar-refractivity contribution < 1.29 is 9.53 Å². The van der Waals surface area contributed by atoms with Crippen LogP contribution in [0.5, 0.6) is 0 Å². The Morgan fingerprint density at radius 2 is 1.92 bits per heavy atom. The van der Waals surface area contributed by atoms with Crippen molar-refractivity contribution in [1.82, 2.24) is 4.90 Å². The summed E-state index contributed by atoms with van der Waals surface area (Å²) in [5, 5.41) is 11.6. The number of piperidine rings is 3. The molecule has 1 N–H and O–H groups in total. The van der Waals surface area contributed by atoms with Gasteiger partial charge in [-0.1, -0.05) is 51.1 Å². The van der Waals surface area contributed by atoms with Crippen LogP contribution in [0, 0.1) is 5.92 Å². The Morgan fingerprint density at radius 3 is 2.46 bits per heavy atom. The number of nitrogens with zero attached hydrogens (tertiary/aromatic N) is 1. The summed E-state index contributed by atoms with van der Waals surface area (Å²) in [5.41, 5.74) is 0.385. The van der Waals surface area contributed by atoms with Gasteiger partial charge in [-0.15, -0.1) is 0 Å². The largest absolute Gasteiger partial charge is 0.415 e. The third-order valence-corrected chi connectivity index (χ3v) is 11.2. The first kappa shape index (κ1) is 18.1. The molecule has 0 saturated carbocycles. The van der Waals surface area contributed by atoms with Crippen LogP contribution in [0.2, 0.25) is 18.1 Å². The molecule has 3 fully saturated rings. The lowest BCUT2D eigenvalue weighted by atomic mass is 9.69. The molecule has 1 aromatic rings. The molecule has 24 heavy (non-hydrogen) atoms. The Kier molecular flexibility index (Phi) is 4.71. The van der Waals surface area contributed by atoms with E-state index in [-0.39, 0.29) is 5.04 Å². The summed E-state index contributed by atoms with van der Waals surface area (Å²) in [5.74, 6) is 0.345. The molecule has 4 heteroatoms. The Hall–Kier alpha value is -0.683. The van der Waals surface area contributed by atoms with Crippen LogP contribution in [0.25, 0.3) is 0 Å². The minimum absolute atomic E-state index is 0.251. The van der Waals surface area contributed by atoms with E-state index in [4.69, 9.17) is 4.43 Å². The maximum Gasteiger partial charge on any atom is 0.192 e. The van der Waals surface area contributed by atoms with Gasteiger partial charge in [0.2, 0.25) is 0 Å². The highest BCUT2D eigenvalue weighted by Crippen LogP contribution is 2.45. The molecule has 3 saturated heterocycles. The summed E-state index contributed by atoms with van der Waals surface area (Å²) < 4.78 is 6.48. The molecule has 4 atom stereocenters. The first-order chi connectivity index (χ1) is 11.1. The minimum Gasteiger partial charge on any atom is -0.415 e. The van der Waals surface area contributed by atoms with E-state index < -0.39 is 13.9 Å². The number of fused-ring (bicyclic) bond motifs is 3. The average Bonchev–Trinajstić information content (AvgIpc) is 2.53. The summed E-state index contributed by atoms with van der Waals surface area (Å²) in [4.78, 5) is 2.46. The van der Waals surface area contributed by atoms with Gasteiger partial charge in [0.25, 0.3) is 0 Å². The summed E-state index contributed by atoms with van der Waals surface area (Å²) >= 11 is 0. The van der Waals surface area contributed by atoms with Crippen LogP contribution in [-0.2, 0) is 10.0 Å². The molecule has 0 aliphatic carbocycles. The Bertz CT molecular complexity index is 569. The molecule has 0 aromatic heterocycles. The number of hydrogen-bond acceptors (Lipinski definition) is 3. The van der Waals surface area contributed by atoms with Gasteiger partial charge in [0.15, 0.2) is 8.32 Å². The molecule has 0 radical (unpaired) electrons. The van der Waals surface area contributed by atoms with Crippen molar-refractivity contribution in [3.63, 3.8) is 0 Å². The van der Waals surface area contributed by atoms with E-state index in [1.54, 1.807) is 0 Å². The number of aliphatic hydroxyl groups is 1. The second-order valence-corrected chi connectivity index (χ2v) is 14.0. The molecular weight excluding hydrogens is 314 g/mol. The molecule has 4 rings (SSSR count). The smallest absolute Gasteiger partial charge is 0.192 e. The predicted molar refractivity (Wildman–Crippen MR) is 102 cm³/mol. The van der Waals surface area contributed by atoms with Crippen molar-refractivity contribution in [2.24, 2.45) is 5.92 Å². The van der Waals surface area contributed by atoms with E-state index in [0.717, 1.165) is 38.1 Å². The monoisotopic (exact) mass is 347 g/mol. The Labute approximate surface area is 148 Å². The van der Waals surface area contributed by atoms with Crippen molar-refractivity contribution in [3.8, 4) is 0 Å². The highest BCUT2D eigenvalue weighted by atomic mass is 28.4.